The third kappa shape index (κ3) is 3.76. The molecule has 1 heterocycles. The lowest BCUT2D eigenvalue weighted by molar-refractivity contribution is -0.137. The second-order valence-electron chi connectivity index (χ2n) is 7.00. The lowest BCUT2D eigenvalue weighted by Gasteiger charge is -2.45. The maximum atomic E-state index is 13.0. The quantitative estimate of drug-likeness (QED) is 0.555. The summed E-state index contributed by atoms with van der Waals surface area (Å²) in [6.07, 6.45) is -4.30. The number of hydrogen-bond donors (Lipinski definition) is 0. The van der Waals surface area contributed by atoms with Gasteiger partial charge in [-0.05, 0) is 22.8 Å². The first-order valence-corrected chi connectivity index (χ1v) is 9.03. The van der Waals surface area contributed by atoms with Gasteiger partial charge in [-0.3, -0.25) is 4.90 Å². The Hall–Kier alpha value is -2.59. The van der Waals surface area contributed by atoms with Crippen LogP contribution in [0.25, 0.3) is 0 Å². The average molecular weight is 367 g/mol. The van der Waals surface area contributed by atoms with Gasteiger partial charge in [0.2, 0.25) is 0 Å². The fourth-order valence-electron chi connectivity index (χ4n) is 3.79. The molecule has 3 aromatic rings. The first-order valence-electron chi connectivity index (χ1n) is 9.03. The van der Waals surface area contributed by atoms with Gasteiger partial charge in [0.1, 0.15) is 0 Å². The molecule has 0 bridgehead atoms. The SMILES string of the molecule is FC(F)(F)c1cccc(C2CN(C(c3ccccc3)c3ccccc3)C2)c1. The van der Waals surface area contributed by atoms with E-state index in [0.717, 1.165) is 24.7 Å². The molecule has 1 fully saturated rings. The topological polar surface area (TPSA) is 3.24 Å². The Balaban J connectivity index is 1.56. The summed E-state index contributed by atoms with van der Waals surface area (Å²) in [7, 11) is 0. The standard InChI is InChI=1S/C23H20F3N/c24-23(25,26)21-13-7-12-19(14-21)20-15-27(16-20)22(17-8-3-1-4-9-17)18-10-5-2-6-11-18/h1-14,20,22H,15-16H2. The van der Waals surface area contributed by atoms with Crippen molar-refractivity contribution in [2.75, 3.05) is 13.1 Å². The summed E-state index contributed by atoms with van der Waals surface area (Å²) in [5, 5.41) is 0. The number of likely N-dealkylation sites (tertiary alicyclic amines) is 1. The van der Waals surface area contributed by atoms with Crippen molar-refractivity contribution in [1.29, 1.82) is 0 Å². The fourth-order valence-corrected chi connectivity index (χ4v) is 3.79. The van der Waals surface area contributed by atoms with Gasteiger partial charge in [-0.1, -0.05) is 78.9 Å². The highest BCUT2D eigenvalue weighted by Gasteiger charge is 2.36. The maximum Gasteiger partial charge on any atom is 0.416 e. The van der Waals surface area contributed by atoms with Crippen molar-refractivity contribution in [2.45, 2.75) is 18.1 Å². The highest BCUT2D eigenvalue weighted by atomic mass is 19.4. The summed E-state index contributed by atoms with van der Waals surface area (Å²) in [6.45, 7) is 1.49. The van der Waals surface area contributed by atoms with Crippen LogP contribution in [0.3, 0.4) is 0 Å². The van der Waals surface area contributed by atoms with E-state index in [0.29, 0.717) is 0 Å². The number of alkyl halides is 3. The smallest absolute Gasteiger partial charge is 0.291 e. The Morgan fingerprint density at radius 3 is 1.81 bits per heavy atom. The molecule has 0 aliphatic carbocycles. The van der Waals surface area contributed by atoms with Gasteiger partial charge in [0.05, 0.1) is 11.6 Å². The van der Waals surface area contributed by atoms with Gasteiger partial charge < -0.3 is 0 Å². The lowest BCUT2D eigenvalue weighted by atomic mass is 9.86. The van der Waals surface area contributed by atoms with Crippen LogP contribution in [0.4, 0.5) is 13.2 Å². The van der Waals surface area contributed by atoms with Crippen LogP contribution in [-0.4, -0.2) is 18.0 Å². The summed E-state index contributed by atoms with van der Waals surface area (Å²) < 4.78 is 39.0. The Morgan fingerprint density at radius 1 is 0.741 bits per heavy atom. The molecule has 0 spiro atoms. The van der Waals surface area contributed by atoms with Crippen LogP contribution in [0.1, 0.15) is 34.2 Å². The predicted octanol–water partition coefficient (Wildman–Crippen LogP) is 5.89. The molecule has 0 amide bonds. The van der Waals surface area contributed by atoms with Crippen LogP contribution in [0.5, 0.6) is 0 Å². The molecule has 27 heavy (non-hydrogen) atoms. The van der Waals surface area contributed by atoms with Gasteiger partial charge in [0.15, 0.2) is 0 Å². The van der Waals surface area contributed by atoms with E-state index in [1.165, 1.54) is 23.3 Å². The average Bonchev–Trinajstić information content (AvgIpc) is 2.65. The molecule has 0 saturated carbocycles. The molecule has 0 unspecified atom stereocenters. The van der Waals surface area contributed by atoms with Crippen molar-refractivity contribution >= 4 is 0 Å². The van der Waals surface area contributed by atoms with E-state index >= 15 is 0 Å². The predicted molar refractivity (Wildman–Crippen MR) is 100 cm³/mol. The minimum Gasteiger partial charge on any atom is -0.291 e. The number of nitrogens with zero attached hydrogens (tertiary/aromatic N) is 1. The third-order valence-electron chi connectivity index (χ3n) is 5.19. The fraction of sp³-hybridized carbons (Fsp3) is 0.217. The van der Waals surface area contributed by atoms with Crippen LogP contribution in [0, 0.1) is 0 Å². The number of halogens is 3. The lowest BCUT2D eigenvalue weighted by Crippen LogP contribution is -2.47. The second kappa shape index (κ2) is 7.20. The zero-order chi connectivity index (χ0) is 18.9. The van der Waals surface area contributed by atoms with Gasteiger partial charge in [-0.2, -0.15) is 13.2 Å². The van der Waals surface area contributed by atoms with E-state index in [-0.39, 0.29) is 12.0 Å². The van der Waals surface area contributed by atoms with Crippen molar-refractivity contribution in [3.8, 4) is 0 Å². The molecule has 0 aromatic heterocycles. The molecule has 0 atom stereocenters. The molecule has 1 aliphatic heterocycles. The zero-order valence-electron chi connectivity index (χ0n) is 14.7. The van der Waals surface area contributed by atoms with Crippen LogP contribution >= 0.6 is 0 Å². The molecular formula is C23H20F3N. The highest BCUT2D eigenvalue weighted by molar-refractivity contribution is 5.35. The third-order valence-corrected chi connectivity index (χ3v) is 5.19. The number of benzene rings is 3. The van der Waals surface area contributed by atoms with E-state index in [4.69, 9.17) is 0 Å². The second-order valence-corrected chi connectivity index (χ2v) is 7.00. The van der Waals surface area contributed by atoms with Crippen LogP contribution in [-0.2, 0) is 6.18 Å². The van der Waals surface area contributed by atoms with Crippen LogP contribution in [0.2, 0.25) is 0 Å². The van der Waals surface area contributed by atoms with Gasteiger partial charge in [-0.15, -0.1) is 0 Å². The Bertz CT molecular complexity index is 845. The summed E-state index contributed by atoms with van der Waals surface area (Å²) >= 11 is 0. The van der Waals surface area contributed by atoms with E-state index in [9.17, 15) is 13.2 Å². The highest BCUT2D eigenvalue weighted by Crippen LogP contribution is 2.39. The van der Waals surface area contributed by atoms with Gasteiger partial charge >= 0.3 is 6.18 Å². The Morgan fingerprint density at radius 2 is 1.30 bits per heavy atom. The van der Waals surface area contributed by atoms with E-state index in [1.807, 2.05) is 36.4 Å². The first kappa shape index (κ1) is 17.8. The van der Waals surface area contributed by atoms with Gasteiger partial charge in [0, 0.05) is 19.0 Å². The molecular weight excluding hydrogens is 347 g/mol. The van der Waals surface area contributed by atoms with Crippen molar-refractivity contribution in [2.24, 2.45) is 0 Å². The monoisotopic (exact) mass is 367 g/mol. The number of hydrogen-bond acceptors (Lipinski definition) is 1. The van der Waals surface area contributed by atoms with Crippen molar-refractivity contribution in [3.63, 3.8) is 0 Å². The Labute approximate surface area is 157 Å². The minimum absolute atomic E-state index is 0.120. The van der Waals surface area contributed by atoms with Crippen LogP contribution < -0.4 is 0 Å². The van der Waals surface area contributed by atoms with Crippen LogP contribution in [0.15, 0.2) is 84.9 Å². The molecule has 4 heteroatoms. The van der Waals surface area contributed by atoms with E-state index in [2.05, 4.69) is 29.2 Å². The summed E-state index contributed by atoms with van der Waals surface area (Å²) in [4.78, 5) is 2.33. The van der Waals surface area contributed by atoms with E-state index < -0.39 is 11.7 Å². The normalized spacial score (nSPS) is 15.7. The van der Waals surface area contributed by atoms with Crippen molar-refractivity contribution in [3.05, 3.63) is 107 Å². The van der Waals surface area contributed by atoms with E-state index in [1.54, 1.807) is 6.07 Å². The molecule has 3 aromatic carbocycles. The molecule has 1 nitrogen and oxygen atoms in total. The minimum atomic E-state index is -4.30. The summed E-state index contributed by atoms with van der Waals surface area (Å²) in [6, 6.07) is 26.4. The largest absolute Gasteiger partial charge is 0.416 e. The zero-order valence-corrected chi connectivity index (χ0v) is 14.7. The van der Waals surface area contributed by atoms with Crippen molar-refractivity contribution < 1.29 is 13.2 Å². The van der Waals surface area contributed by atoms with Gasteiger partial charge in [0.25, 0.3) is 0 Å². The molecule has 0 radical (unpaired) electrons. The molecule has 1 aliphatic rings. The maximum absolute atomic E-state index is 13.0. The molecule has 4 rings (SSSR count). The summed E-state index contributed by atoms with van der Waals surface area (Å²) in [5.74, 6) is 0.127. The summed E-state index contributed by atoms with van der Waals surface area (Å²) in [5.41, 5.74) is 2.60. The molecule has 138 valence electrons. The van der Waals surface area contributed by atoms with Crippen molar-refractivity contribution in [1.82, 2.24) is 4.90 Å². The molecule has 0 N–H and O–H groups in total. The first-order chi connectivity index (χ1) is 13.0. The van der Waals surface area contributed by atoms with Gasteiger partial charge in [-0.25, -0.2) is 0 Å². The number of rotatable bonds is 4. The molecule has 1 saturated heterocycles. The Kier molecular flexibility index (Phi) is 4.75.